The second kappa shape index (κ2) is 70.7. The number of carbonyl (C=O) groups is 4. The van der Waals surface area contributed by atoms with Gasteiger partial charge in [0.2, 0.25) is 0 Å². The average Bonchev–Trinajstić information content (AvgIpc) is 1.16. The number of esters is 4. The largest absolute Gasteiger partial charge is 0.472 e. The fraction of sp³-hybridized carbons (Fsp3) is 0.949. The van der Waals surface area contributed by atoms with Crippen LogP contribution in [0.3, 0.4) is 0 Å². The van der Waals surface area contributed by atoms with E-state index in [1.807, 2.05) is 0 Å². The molecule has 0 aromatic rings. The molecule has 98 heavy (non-hydrogen) atoms. The van der Waals surface area contributed by atoms with Crippen LogP contribution in [0.15, 0.2) is 0 Å². The minimum absolute atomic E-state index is 0.106. The van der Waals surface area contributed by atoms with Gasteiger partial charge in [0.05, 0.1) is 26.4 Å². The first-order chi connectivity index (χ1) is 47.4. The Hall–Kier alpha value is -1.94. The molecule has 0 aliphatic carbocycles. The second-order valence-electron chi connectivity index (χ2n) is 29.4. The van der Waals surface area contributed by atoms with Crippen molar-refractivity contribution in [3.05, 3.63) is 0 Å². The highest BCUT2D eigenvalue weighted by molar-refractivity contribution is 7.47. The van der Waals surface area contributed by atoms with Gasteiger partial charge in [-0.25, -0.2) is 9.13 Å². The van der Waals surface area contributed by atoms with Gasteiger partial charge in [0.15, 0.2) is 12.2 Å². The lowest BCUT2D eigenvalue weighted by Gasteiger charge is -2.21. The molecule has 0 saturated carbocycles. The van der Waals surface area contributed by atoms with E-state index in [4.69, 9.17) is 37.0 Å². The number of phosphoric acid groups is 2. The van der Waals surface area contributed by atoms with Crippen LogP contribution in [-0.4, -0.2) is 96.7 Å². The van der Waals surface area contributed by atoms with Gasteiger partial charge in [0, 0.05) is 25.7 Å². The Morgan fingerprint density at radius 3 is 0.694 bits per heavy atom. The molecule has 0 radical (unpaired) electrons. The maximum atomic E-state index is 13.1. The van der Waals surface area contributed by atoms with Crippen LogP contribution in [-0.2, 0) is 65.4 Å². The molecule has 0 amide bonds. The molecule has 0 rings (SSSR count). The molecule has 0 aliphatic heterocycles. The zero-order chi connectivity index (χ0) is 72.1. The third-order valence-electron chi connectivity index (χ3n) is 18.5. The Balaban J connectivity index is 5.23. The van der Waals surface area contributed by atoms with Gasteiger partial charge in [-0.1, -0.05) is 363 Å². The molecular weight excluding hydrogens is 1280 g/mol. The zero-order valence-electron chi connectivity index (χ0n) is 64.1. The number of aliphatic hydroxyl groups excluding tert-OH is 1. The standard InChI is InChI=1S/C79H154O17P2/c1-7-9-11-13-15-17-19-20-21-22-26-29-32-38-44-50-56-62-77(82)90-68-74(95-78(83)63-57-51-45-39-33-30-27-24-23-25-28-31-35-41-47-53-59-71(3)4)69-93-97(85,86)91-65-73(80)66-92-98(87,88)94-70-75(67-89-76(81)61-55-49-43-37-18-16-14-12-10-8-2)96-79(84)64-58-52-46-40-34-36-42-48-54-60-72(5)6/h71-75,80H,7-70H2,1-6H3,(H,85,86)(H,87,88)/t73-,74-,75-/m1/s1. The molecule has 0 spiro atoms. The van der Waals surface area contributed by atoms with Gasteiger partial charge in [-0.15, -0.1) is 0 Å². The van der Waals surface area contributed by atoms with Crippen LogP contribution >= 0.6 is 15.6 Å². The summed E-state index contributed by atoms with van der Waals surface area (Å²) in [5, 5.41) is 10.6. The number of hydrogen-bond donors (Lipinski definition) is 3. The third kappa shape index (κ3) is 72.4. The fourth-order valence-electron chi connectivity index (χ4n) is 12.2. The summed E-state index contributed by atoms with van der Waals surface area (Å²) >= 11 is 0. The normalized spacial score (nSPS) is 13.9. The highest BCUT2D eigenvalue weighted by atomic mass is 31.2. The number of carbonyl (C=O) groups excluding carboxylic acids is 4. The van der Waals surface area contributed by atoms with Crippen molar-refractivity contribution in [2.24, 2.45) is 11.8 Å². The number of rotatable bonds is 78. The van der Waals surface area contributed by atoms with Crippen LogP contribution < -0.4 is 0 Å². The van der Waals surface area contributed by atoms with Crippen LogP contribution in [0.2, 0.25) is 0 Å². The zero-order valence-corrected chi connectivity index (χ0v) is 65.9. The van der Waals surface area contributed by atoms with E-state index in [1.165, 1.54) is 231 Å². The lowest BCUT2D eigenvalue weighted by molar-refractivity contribution is -0.161. The van der Waals surface area contributed by atoms with Crippen molar-refractivity contribution in [1.82, 2.24) is 0 Å². The fourth-order valence-corrected chi connectivity index (χ4v) is 13.8. The molecule has 0 bridgehead atoms. The summed E-state index contributed by atoms with van der Waals surface area (Å²) in [6, 6.07) is 0. The lowest BCUT2D eigenvalue weighted by Crippen LogP contribution is -2.30. The smallest absolute Gasteiger partial charge is 0.462 e. The van der Waals surface area contributed by atoms with Crippen molar-refractivity contribution in [3.8, 4) is 0 Å². The van der Waals surface area contributed by atoms with Crippen molar-refractivity contribution in [2.45, 2.75) is 432 Å². The first-order valence-electron chi connectivity index (χ1n) is 41.0. The topological polar surface area (TPSA) is 237 Å². The van der Waals surface area contributed by atoms with Crippen LogP contribution in [0.1, 0.15) is 414 Å². The molecule has 17 nitrogen and oxygen atoms in total. The van der Waals surface area contributed by atoms with Gasteiger partial charge in [-0.05, 0) is 37.5 Å². The van der Waals surface area contributed by atoms with E-state index < -0.39 is 97.5 Å². The molecule has 582 valence electrons. The highest BCUT2D eigenvalue weighted by Gasteiger charge is 2.30. The number of aliphatic hydroxyl groups is 1. The molecule has 19 heteroatoms. The van der Waals surface area contributed by atoms with E-state index in [0.717, 1.165) is 102 Å². The average molecular weight is 1440 g/mol. The molecular formula is C79H154O17P2. The Bertz CT molecular complexity index is 1890. The molecule has 0 aliphatic rings. The lowest BCUT2D eigenvalue weighted by atomic mass is 10.0. The van der Waals surface area contributed by atoms with E-state index in [-0.39, 0.29) is 25.7 Å². The minimum atomic E-state index is -4.96. The summed E-state index contributed by atoms with van der Waals surface area (Å²) in [5.41, 5.74) is 0. The van der Waals surface area contributed by atoms with Crippen LogP contribution in [0.4, 0.5) is 0 Å². The predicted octanol–water partition coefficient (Wildman–Crippen LogP) is 23.5. The summed E-state index contributed by atoms with van der Waals surface area (Å²) in [7, 11) is -9.91. The van der Waals surface area contributed by atoms with Crippen molar-refractivity contribution in [1.29, 1.82) is 0 Å². The minimum Gasteiger partial charge on any atom is -0.462 e. The van der Waals surface area contributed by atoms with E-state index in [2.05, 4.69) is 41.5 Å². The third-order valence-corrected chi connectivity index (χ3v) is 20.4. The first kappa shape index (κ1) is 96.1. The molecule has 3 N–H and O–H groups in total. The maximum absolute atomic E-state index is 13.1. The summed E-state index contributed by atoms with van der Waals surface area (Å²) in [4.78, 5) is 72.9. The van der Waals surface area contributed by atoms with E-state index in [9.17, 15) is 43.2 Å². The highest BCUT2D eigenvalue weighted by Crippen LogP contribution is 2.45. The molecule has 0 saturated heterocycles. The Morgan fingerprint density at radius 1 is 0.276 bits per heavy atom. The number of unbranched alkanes of at least 4 members (excludes halogenated alkanes) is 48. The predicted molar refractivity (Wildman–Crippen MR) is 400 cm³/mol. The van der Waals surface area contributed by atoms with Crippen molar-refractivity contribution in [3.63, 3.8) is 0 Å². The van der Waals surface area contributed by atoms with E-state index in [1.54, 1.807) is 0 Å². The van der Waals surface area contributed by atoms with Crippen LogP contribution in [0.5, 0.6) is 0 Å². The van der Waals surface area contributed by atoms with Gasteiger partial charge in [0.25, 0.3) is 0 Å². The SMILES string of the molecule is CCCCCCCCCCCCCCCCCCCC(=O)OC[C@H](COP(=O)(O)OC[C@@H](O)COP(=O)(O)OC[C@@H](COC(=O)CCCCCCCCCCCC)OC(=O)CCCCCCCCCCCC(C)C)OC(=O)CCCCCCCCCCCCCCCCCCC(C)C. The van der Waals surface area contributed by atoms with Crippen molar-refractivity contribution < 1.29 is 80.2 Å². The molecule has 0 aromatic carbocycles. The second-order valence-corrected chi connectivity index (χ2v) is 32.3. The van der Waals surface area contributed by atoms with Gasteiger partial charge in [-0.2, -0.15) is 0 Å². The molecule has 0 heterocycles. The van der Waals surface area contributed by atoms with Gasteiger partial charge < -0.3 is 33.8 Å². The van der Waals surface area contributed by atoms with Gasteiger partial charge >= 0.3 is 39.5 Å². The Labute approximate surface area is 600 Å². The molecule has 0 fully saturated rings. The molecule has 0 aromatic heterocycles. The molecule has 5 atom stereocenters. The maximum Gasteiger partial charge on any atom is 0.472 e. The summed E-state index contributed by atoms with van der Waals surface area (Å²) < 4.78 is 68.6. The molecule has 2 unspecified atom stereocenters. The summed E-state index contributed by atoms with van der Waals surface area (Å²) in [5.74, 6) is -0.566. The van der Waals surface area contributed by atoms with Crippen LogP contribution in [0.25, 0.3) is 0 Å². The number of ether oxygens (including phenoxy) is 4. The van der Waals surface area contributed by atoms with Gasteiger partial charge in [-0.3, -0.25) is 37.3 Å². The summed E-state index contributed by atoms with van der Waals surface area (Å²) in [6.07, 6.45) is 59.7. The summed E-state index contributed by atoms with van der Waals surface area (Å²) in [6.45, 7) is 9.62. The first-order valence-corrected chi connectivity index (χ1v) is 44.0. The Morgan fingerprint density at radius 2 is 0.469 bits per heavy atom. The van der Waals surface area contributed by atoms with Crippen molar-refractivity contribution in [2.75, 3.05) is 39.6 Å². The van der Waals surface area contributed by atoms with Gasteiger partial charge in [0.1, 0.15) is 19.3 Å². The Kier molecular flexibility index (Phi) is 69.3. The van der Waals surface area contributed by atoms with Crippen LogP contribution in [0, 0.1) is 11.8 Å². The van der Waals surface area contributed by atoms with E-state index >= 15 is 0 Å². The van der Waals surface area contributed by atoms with E-state index in [0.29, 0.717) is 25.7 Å². The number of hydrogen-bond acceptors (Lipinski definition) is 15. The van der Waals surface area contributed by atoms with Crippen molar-refractivity contribution >= 4 is 39.5 Å². The monoisotopic (exact) mass is 1440 g/mol. The number of phosphoric ester groups is 2. The quantitative estimate of drug-likeness (QED) is 0.0222.